The Morgan fingerprint density at radius 1 is 0.837 bits per heavy atom. The van der Waals surface area contributed by atoms with Gasteiger partial charge in [-0.25, -0.2) is 4.98 Å². The van der Waals surface area contributed by atoms with Crippen molar-refractivity contribution in [2.24, 2.45) is 0 Å². The number of aromatic amines is 1. The van der Waals surface area contributed by atoms with Crippen molar-refractivity contribution in [1.29, 1.82) is 0 Å². The summed E-state index contributed by atoms with van der Waals surface area (Å²) in [5, 5.41) is 3.58. The van der Waals surface area contributed by atoms with Gasteiger partial charge in [0.2, 0.25) is 5.95 Å². The predicted molar refractivity (Wildman–Crippen MR) is 184 cm³/mol. The van der Waals surface area contributed by atoms with Gasteiger partial charge in [0.15, 0.2) is 11.2 Å². The van der Waals surface area contributed by atoms with Crippen LogP contribution in [0.5, 0.6) is 5.75 Å². The Morgan fingerprint density at radius 2 is 1.39 bits per heavy atom. The summed E-state index contributed by atoms with van der Waals surface area (Å²) in [7, 11) is 1.62. The summed E-state index contributed by atoms with van der Waals surface area (Å²) in [5.74, 6) is 0.158. The van der Waals surface area contributed by atoms with Crippen molar-refractivity contribution in [3.63, 3.8) is 0 Å². The van der Waals surface area contributed by atoms with E-state index in [9.17, 15) is 14.4 Å². The SMILES string of the molecule is CCCC(=O)OCC(COC(=O)CCC)OCn1cnc2c(=O)[nH]c(NC(c3ccccc3)(c3ccccc3)c3ccc(OC)cc3)nc21. The van der Waals surface area contributed by atoms with E-state index in [4.69, 9.17) is 23.9 Å². The Bertz CT molecular complexity index is 1810. The lowest BCUT2D eigenvalue weighted by molar-refractivity contribution is -0.157. The van der Waals surface area contributed by atoms with Crippen LogP contribution in [0.2, 0.25) is 0 Å². The van der Waals surface area contributed by atoms with Crippen LogP contribution in [0.4, 0.5) is 5.95 Å². The van der Waals surface area contributed by atoms with Crippen LogP contribution in [0.3, 0.4) is 0 Å². The highest BCUT2D eigenvalue weighted by atomic mass is 16.6. The Balaban J connectivity index is 1.50. The molecule has 256 valence electrons. The summed E-state index contributed by atoms with van der Waals surface area (Å²) in [6.07, 6.45) is 2.51. The smallest absolute Gasteiger partial charge is 0.305 e. The van der Waals surface area contributed by atoms with Gasteiger partial charge in [-0.2, -0.15) is 4.98 Å². The van der Waals surface area contributed by atoms with Crippen molar-refractivity contribution < 1.29 is 28.5 Å². The van der Waals surface area contributed by atoms with Crippen LogP contribution < -0.4 is 15.6 Å². The Kier molecular flexibility index (Phi) is 11.8. The van der Waals surface area contributed by atoms with Gasteiger partial charge in [0.25, 0.3) is 5.56 Å². The van der Waals surface area contributed by atoms with Crippen LogP contribution in [0.15, 0.2) is 96.1 Å². The highest BCUT2D eigenvalue weighted by Crippen LogP contribution is 2.40. The molecular weight excluding hydrogens is 626 g/mol. The van der Waals surface area contributed by atoms with Gasteiger partial charge in [0.1, 0.15) is 37.3 Å². The number of hydrogen-bond donors (Lipinski definition) is 2. The second kappa shape index (κ2) is 16.6. The third-order valence-electron chi connectivity index (χ3n) is 7.94. The highest BCUT2D eigenvalue weighted by molar-refractivity contribution is 5.72. The lowest BCUT2D eigenvalue weighted by atomic mass is 9.77. The Morgan fingerprint density at radius 3 is 1.92 bits per heavy atom. The molecule has 0 spiro atoms. The predicted octanol–water partition coefficient (Wildman–Crippen LogP) is 5.56. The zero-order valence-corrected chi connectivity index (χ0v) is 27.9. The number of esters is 2. The molecule has 0 atom stereocenters. The number of imidazole rings is 1. The molecule has 0 aliphatic carbocycles. The van der Waals surface area contributed by atoms with Crippen LogP contribution >= 0.6 is 0 Å². The minimum absolute atomic E-state index is 0.102. The van der Waals surface area contributed by atoms with Gasteiger partial charge in [-0.1, -0.05) is 86.6 Å². The summed E-state index contributed by atoms with van der Waals surface area (Å²) in [4.78, 5) is 49.5. The molecule has 0 amide bonds. The first-order valence-electron chi connectivity index (χ1n) is 16.3. The van der Waals surface area contributed by atoms with Crippen molar-refractivity contribution in [3.05, 3.63) is 118 Å². The average Bonchev–Trinajstić information content (AvgIpc) is 3.54. The second-order valence-electron chi connectivity index (χ2n) is 11.4. The molecule has 5 rings (SSSR count). The molecule has 12 heteroatoms. The number of nitrogens with zero attached hydrogens (tertiary/aromatic N) is 3. The molecule has 2 heterocycles. The minimum Gasteiger partial charge on any atom is -0.497 e. The molecule has 3 aromatic carbocycles. The van der Waals surface area contributed by atoms with E-state index < -0.39 is 17.2 Å². The zero-order chi connectivity index (χ0) is 34.6. The largest absolute Gasteiger partial charge is 0.497 e. The molecule has 0 bridgehead atoms. The number of carbonyl (C=O) groups excluding carboxylic acids is 2. The normalized spacial score (nSPS) is 11.4. The van der Waals surface area contributed by atoms with Crippen LogP contribution in [0, 0.1) is 0 Å². The van der Waals surface area contributed by atoms with E-state index in [1.807, 2.05) is 98.8 Å². The quantitative estimate of drug-likeness (QED) is 0.0954. The maximum Gasteiger partial charge on any atom is 0.305 e. The fraction of sp³-hybridized carbons (Fsp3) is 0.324. The molecule has 0 aliphatic heterocycles. The molecule has 2 aromatic heterocycles. The van der Waals surface area contributed by atoms with Crippen molar-refractivity contribution in [2.45, 2.75) is 57.9 Å². The highest BCUT2D eigenvalue weighted by Gasteiger charge is 2.37. The molecule has 2 N–H and O–H groups in total. The molecule has 0 fully saturated rings. The van der Waals surface area contributed by atoms with E-state index in [0.29, 0.717) is 18.6 Å². The second-order valence-corrected chi connectivity index (χ2v) is 11.4. The summed E-state index contributed by atoms with van der Waals surface area (Å²) in [6, 6.07) is 27.5. The summed E-state index contributed by atoms with van der Waals surface area (Å²) < 4.78 is 23.8. The van der Waals surface area contributed by atoms with Crippen LogP contribution in [-0.4, -0.2) is 57.9 Å². The molecule has 0 radical (unpaired) electrons. The van der Waals surface area contributed by atoms with Crippen molar-refractivity contribution in [1.82, 2.24) is 19.5 Å². The number of nitrogens with one attached hydrogen (secondary N) is 2. The number of aromatic nitrogens is 4. The molecule has 5 aromatic rings. The number of fused-ring (bicyclic) bond motifs is 1. The Hall–Kier alpha value is -5.49. The van der Waals surface area contributed by atoms with Crippen LogP contribution in [0.1, 0.15) is 56.2 Å². The number of benzene rings is 3. The summed E-state index contributed by atoms with van der Waals surface area (Å²) in [5.41, 5.74) is 1.63. The van der Waals surface area contributed by atoms with Gasteiger partial charge in [-0.15, -0.1) is 0 Å². The van der Waals surface area contributed by atoms with Gasteiger partial charge in [0.05, 0.1) is 13.4 Å². The maximum atomic E-state index is 13.4. The standard InChI is InChI=1S/C37H41N5O7/c1-4-12-31(43)47-22-30(23-48-32(44)13-5-2)49-25-42-24-38-33-34(42)39-36(40-35(33)45)41-37(26-14-8-6-9-15-26,27-16-10-7-11-17-27)28-18-20-29(46-3)21-19-28/h6-11,14-21,24,30H,4-5,12-13,22-23,25H2,1-3H3,(H2,39,40,41,45). The van der Waals surface area contributed by atoms with Crippen molar-refractivity contribution in [3.8, 4) is 5.75 Å². The first-order chi connectivity index (χ1) is 23.9. The van der Waals surface area contributed by atoms with E-state index in [0.717, 1.165) is 16.7 Å². The van der Waals surface area contributed by atoms with Crippen LogP contribution in [-0.2, 0) is 36.1 Å². The fourth-order valence-electron chi connectivity index (χ4n) is 5.47. The zero-order valence-electron chi connectivity index (χ0n) is 27.9. The van der Waals surface area contributed by atoms with Crippen molar-refractivity contribution in [2.75, 3.05) is 25.6 Å². The lowest BCUT2D eigenvalue weighted by Gasteiger charge is -2.37. The monoisotopic (exact) mass is 667 g/mol. The van der Waals surface area contributed by atoms with E-state index in [1.165, 1.54) is 6.33 Å². The number of carbonyl (C=O) groups is 2. The molecule has 0 aliphatic rings. The topological polar surface area (TPSA) is 147 Å². The number of methoxy groups -OCH3 is 1. The summed E-state index contributed by atoms with van der Waals surface area (Å²) >= 11 is 0. The number of rotatable bonds is 17. The number of H-pyrrole nitrogens is 1. The third-order valence-corrected chi connectivity index (χ3v) is 7.94. The molecule has 49 heavy (non-hydrogen) atoms. The first-order valence-corrected chi connectivity index (χ1v) is 16.3. The van der Waals surface area contributed by atoms with Gasteiger partial charge >= 0.3 is 11.9 Å². The first kappa shape index (κ1) is 34.8. The third kappa shape index (κ3) is 8.33. The molecule has 0 saturated heterocycles. The fourth-order valence-corrected chi connectivity index (χ4v) is 5.47. The molecule has 0 saturated carbocycles. The van der Waals surface area contributed by atoms with E-state index in [2.05, 4.69) is 15.3 Å². The van der Waals surface area contributed by atoms with Gasteiger partial charge in [-0.05, 0) is 41.7 Å². The van der Waals surface area contributed by atoms with Crippen LogP contribution in [0.25, 0.3) is 11.2 Å². The van der Waals surface area contributed by atoms with Gasteiger partial charge in [0, 0.05) is 12.8 Å². The number of ether oxygens (including phenoxy) is 4. The minimum atomic E-state index is -0.990. The van der Waals surface area contributed by atoms with E-state index in [1.54, 1.807) is 11.7 Å². The van der Waals surface area contributed by atoms with Crippen molar-refractivity contribution >= 4 is 29.1 Å². The summed E-state index contributed by atoms with van der Waals surface area (Å²) in [6.45, 7) is 3.44. The average molecular weight is 668 g/mol. The molecule has 12 nitrogen and oxygen atoms in total. The lowest BCUT2D eigenvalue weighted by Crippen LogP contribution is -2.39. The molecular formula is C37H41N5O7. The van der Waals surface area contributed by atoms with Gasteiger partial charge < -0.3 is 24.3 Å². The molecule has 0 unspecified atom stereocenters. The van der Waals surface area contributed by atoms with E-state index >= 15 is 0 Å². The van der Waals surface area contributed by atoms with E-state index in [-0.39, 0.29) is 61.8 Å². The number of anilines is 1. The Labute approximate surface area is 284 Å². The maximum absolute atomic E-state index is 13.4. The van der Waals surface area contributed by atoms with Gasteiger partial charge in [-0.3, -0.25) is 23.9 Å². The number of hydrogen-bond acceptors (Lipinski definition) is 10.